The standard InChI is InChI=1S/3C18H15O3P.ClH.Ru/c3*1-4-10-16(11-5-1)19-22(20-17-12-6-2-7-13-17)21-18-14-8-3-9-15-18;;/h3*1-15H;1H;/q;;;;+1/p-1. The second-order valence-corrected chi connectivity index (χ2v) is 16.3. The molecular weight excluding hydrogens is 1020 g/mol. The maximum absolute atomic E-state index is 5.84. The fourth-order valence-electron chi connectivity index (χ4n) is 5.27. The maximum atomic E-state index is 5.84. The van der Waals surface area contributed by atoms with Crippen LogP contribution in [0.2, 0.25) is 0 Å². The minimum Gasteiger partial charge on any atom is -0.409 e. The van der Waals surface area contributed by atoms with Gasteiger partial charge in [-0.05, 0) is 109 Å². The number of hydrogen-bond donors (Lipinski definition) is 0. The number of benzene rings is 9. The molecule has 0 N–H and O–H groups in total. The fraction of sp³-hybridized carbons (Fsp3) is 0. The molecule has 0 amide bonds. The third-order valence-electron chi connectivity index (χ3n) is 8.31. The Morgan fingerprint density at radius 1 is 0.176 bits per heavy atom. The average molecular weight is 1070 g/mol. The third kappa shape index (κ3) is 19.7. The Labute approximate surface area is 415 Å². The van der Waals surface area contributed by atoms with Crippen LogP contribution in [0.3, 0.4) is 0 Å². The molecule has 0 unspecified atom stereocenters. The van der Waals surface area contributed by atoms with Crippen LogP contribution in [0.4, 0.5) is 0 Å². The van der Waals surface area contributed by atoms with Gasteiger partial charge in [-0.2, -0.15) is 0 Å². The summed E-state index contributed by atoms with van der Waals surface area (Å²) in [6, 6.07) is 85.5. The molecule has 0 saturated carbocycles. The van der Waals surface area contributed by atoms with E-state index in [4.69, 9.17) is 40.7 Å². The molecule has 9 rings (SSSR count). The first-order valence-electron chi connectivity index (χ1n) is 20.8. The van der Waals surface area contributed by atoms with E-state index in [0.717, 1.165) is 0 Å². The largest absolute Gasteiger partial charge is 0.530 e. The second kappa shape index (κ2) is 30.6. The molecule has 0 radical (unpaired) electrons. The zero-order chi connectivity index (χ0) is 47.1. The van der Waals surface area contributed by atoms with Gasteiger partial charge in [-0.3, -0.25) is 0 Å². The molecule has 9 aromatic rings. The van der Waals surface area contributed by atoms with E-state index in [9.17, 15) is 0 Å². The van der Waals surface area contributed by atoms with Crippen LogP contribution < -0.4 is 40.7 Å². The molecular formula is C54H45ClO9P3Ru. The molecule has 0 saturated heterocycles. The Bertz CT molecular complexity index is 2040. The van der Waals surface area contributed by atoms with Crippen LogP contribution in [0.25, 0.3) is 0 Å². The minimum atomic E-state index is -1.59. The van der Waals surface area contributed by atoms with E-state index < -0.39 is 25.8 Å². The maximum Gasteiger partial charge on any atom is 0.530 e. The molecule has 68 heavy (non-hydrogen) atoms. The van der Waals surface area contributed by atoms with Crippen molar-refractivity contribution < 1.29 is 58.0 Å². The molecule has 0 aliphatic carbocycles. The van der Waals surface area contributed by atoms with Gasteiger partial charge in [0, 0.05) is 0 Å². The van der Waals surface area contributed by atoms with Gasteiger partial charge in [0.1, 0.15) is 51.7 Å². The van der Waals surface area contributed by atoms with Crippen LogP contribution in [-0.4, -0.2) is 0 Å². The zero-order valence-electron chi connectivity index (χ0n) is 36.2. The summed E-state index contributed by atoms with van der Waals surface area (Å²) in [5.74, 6) is 6.38. The summed E-state index contributed by atoms with van der Waals surface area (Å²) in [6.07, 6.45) is 0. The summed E-state index contributed by atoms with van der Waals surface area (Å²) in [4.78, 5) is 0. The average Bonchev–Trinajstić information content (AvgIpc) is 3.40. The molecule has 14 heteroatoms. The quantitative estimate of drug-likeness (QED) is 0.0616. The van der Waals surface area contributed by atoms with Crippen molar-refractivity contribution in [2.75, 3.05) is 0 Å². The minimum absolute atomic E-state index is 0.709. The monoisotopic (exact) mass is 1070 g/mol. The molecule has 9 nitrogen and oxygen atoms in total. The molecule has 0 aromatic heterocycles. The molecule has 9 aromatic carbocycles. The summed E-state index contributed by atoms with van der Waals surface area (Å²) in [5, 5.41) is 0. The van der Waals surface area contributed by atoms with Gasteiger partial charge >= 0.3 is 52.8 Å². The van der Waals surface area contributed by atoms with Crippen molar-refractivity contribution in [2.45, 2.75) is 0 Å². The molecule has 0 bridgehead atoms. The van der Waals surface area contributed by atoms with E-state index in [2.05, 4.69) is 9.69 Å². The van der Waals surface area contributed by atoms with Crippen molar-refractivity contribution in [3.05, 3.63) is 273 Å². The molecule has 0 aliphatic rings. The van der Waals surface area contributed by atoms with Crippen LogP contribution in [0.1, 0.15) is 0 Å². The summed E-state index contributed by atoms with van der Waals surface area (Å²) < 4.78 is 52.6. The topological polar surface area (TPSA) is 83.1 Å². The van der Waals surface area contributed by atoms with E-state index in [-0.39, 0.29) is 0 Å². The summed E-state index contributed by atoms with van der Waals surface area (Å²) in [5.41, 5.74) is 0. The number of rotatable bonds is 18. The van der Waals surface area contributed by atoms with Crippen LogP contribution >= 0.6 is 35.5 Å². The number of para-hydroxylation sites is 9. The molecule has 0 heterocycles. The van der Waals surface area contributed by atoms with Gasteiger partial charge in [0.15, 0.2) is 0 Å². The van der Waals surface area contributed by atoms with Crippen LogP contribution in [0.5, 0.6) is 51.7 Å². The van der Waals surface area contributed by atoms with Crippen molar-refractivity contribution >= 4 is 35.5 Å². The normalized spacial score (nSPS) is 10.0. The molecule has 0 aliphatic heterocycles. The zero-order valence-corrected chi connectivity index (χ0v) is 41.4. The second-order valence-electron chi connectivity index (χ2n) is 13.3. The van der Waals surface area contributed by atoms with Gasteiger partial charge in [0.2, 0.25) is 0 Å². The Morgan fingerprint density at radius 3 is 0.353 bits per heavy atom. The van der Waals surface area contributed by atoms with Gasteiger partial charge in [-0.15, -0.1) is 0 Å². The Morgan fingerprint density at radius 2 is 0.265 bits per heavy atom. The van der Waals surface area contributed by atoms with Crippen molar-refractivity contribution in [1.29, 1.82) is 0 Å². The Kier molecular flexibility index (Phi) is 22.9. The SMILES string of the molecule is [Cl][Ru].c1ccc(OP(Oc2ccccc2)Oc2ccccc2)cc1.c1ccc(OP(Oc2ccccc2)Oc2ccccc2)cc1.c1ccc(OP(Oc2ccccc2)Oc2ccccc2)cc1. The van der Waals surface area contributed by atoms with Gasteiger partial charge in [-0.1, -0.05) is 164 Å². The van der Waals surface area contributed by atoms with Crippen molar-refractivity contribution in [3.63, 3.8) is 0 Å². The summed E-state index contributed by atoms with van der Waals surface area (Å²) in [7, 11) is -0.200. The van der Waals surface area contributed by atoms with Gasteiger partial charge in [-0.25, -0.2) is 0 Å². The van der Waals surface area contributed by atoms with E-state index >= 15 is 0 Å². The van der Waals surface area contributed by atoms with Gasteiger partial charge < -0.3 is 40.7 Å². The predicted molar refractivity (Wildman–Crippen MR) is 270 cm³/mol. The number of hydrogen-bond acceptors (Lipinski definition) is 9. The van der Waals surface area contributed by atoms with Crippen LogP contribution in [0, 0.1) is 0 Å². The third-order valence-corrected chi connectivity index (χ3v) is 11.5. The number of halogens is 1. The fourth-order valence-corrected chi connectivity index (χ4v) is 8.25. The van der Waals surface area contributed by atoms with E-state index in [0.29, 0.717) is 51.7 Å². The Balaban J connectivity index is 0.000000165. The molecule has 0 fully saturated rings. The smallest absolute Gasteiger partial charge is 0.409 e. The van der Waals surface area contributed by atoms with Crippen molar-refractivity contribution in [1.82, 2.24) is 0 Å². The first kappa shape index (κ1) is 50.8. The van der Waals surface area contributed by atoms with Crippen molar-refractivity contribution in [3.8, 4) is 51.7 Å². The van der Waals surface area contributed by atoms with Crippen molar-refractivity contribution in [2.24, 2.45) is 0 Å². The predicted octanol–water partition coefficient (Wildman–Crippen LogP) is 17.0. The molecule has 345 valence electrons. The van der Waals surface area contributed by atoms with Crippen LogP contribution in [-0.2, 0) is 17.3 Å². The first-order valence-corrected chi connectivity index (χ1v) is 26.3. The summed E-state index contributed by atoms with van der Waals surface area (Å²) in [6.45, 7) is 0. The molecule has 0 spiro atoms. The van der Waals surface area contributed by atoms with E-state index in [1.807, 2.05) is 290 Å². The van der Waals surface area contributed by atoms with E-state index in [1.54, 1.807) is 0 Å². The Hall–Kier alpha value is -6.62. The van der Waals surface area contributed by atoms with Gasteiger partial charge in [0.25, 0.3) is 0 Å². The van der Waals surface area contributed by atoms with Crippen LogP contribution in [0.15, 0.2) is 273 Å². The first-order chi connectivity index (χ1) is 33.7. The summed E-state index contributed by atoms with van der Waals surface area (Å²) >= 11 is 1.82. The van der Waals surface area contributed by atoms with Gasteiger partial charge in [0.05, 0.1) is 0 Å². The molecule has 0 atom stereocenters. The van der Waals surface area contributed by atoms with E-state index in [1.165, 1.54) is 0 Å².